The first-order valence-electron chi connectivity index (χ1n) is 13.1. The molecule has 11 nitrogen and oxygen atoms in total. The molecule has 0 spiro atoms. The largest absolute Gasteiger partial charge is 0.459 e. The third-order valence-corrected chi connectivity index (χ3v) is 6.27. The summed E-state index contributed by atoms with van der Waals surface area (Å²) in [5.41, 5.74) is -0.617. The fourth-order valence-corrected chi connectivity index (χ4v) is 4.27. The van der Waals surface area contributed by atoms with Gasteiger partial charge in [-0.25, -0.2) is 19.2 Å². The second kappa shape index (κ2) is 12.3. The first-order valence-corrected chi connectivity index (χ1v) is 12.6. The first-order chi connectivity index (χ1) is 20.3. The lowest BCUT2D eigenvalue weighted by atomic mass is 10.1. The van der Waals surface area contributed by atoms with Crippen LogP contribution in [0, 0.1) is 5.41 Å². The van der Waals surface area contributed by atoms with Gasteiger partial charge in [0.2, 0.25) is 0 Å². The lowest BCUT2D eigenvalue weighted by Gasteiger charge is -2.25. The van der Waals surface area contributed by atoms with Crippen LogP contribution < -0.4 is 11.2 Å². The topological polar surface area (TPSA) is 150 Å². The van der Waals surface area contributed by atoms with Crippen molar-refractivity contribution >= 4 is 17.9 Å². The molecule has 0 bridgehead atoms. The molecule has 1 fully saturated rings. The Hall–Kier alpha value is -5.29. The molecule has 0 unspecified atom stereocenters. The molecule has 0 aliphatic carbocycles. The maximum Gasteiger partial charge on any atom is 0.338 e. The van der Waals surface area contributed by atoms with Crippen molar-refractivity contribution in [3.05, 3.63) is 136 Å². The van der Waals surface area contributed by atoms with Gasteiger partial charge in [0.1, 0.15) is 18.2 Å². The van der Waals surface area contributed by atoms with Gasteiger partial charge in [-0.1, -0.05) is 54.6 Å². The summed E-state index contributed by atoms with van der Waals surface area (Å²) in [6.45, 7) is -0.431. The molecule has 0 amide bonds. The standard InChI is InChI=1S/C30H25N3O8/c31-23-16-17-33(30(37)32-23)26-25(41-29(36)21-14-8-3-9-15-21)24(40-28(35)20-12-6-2-7-13-20)22(39-26)18-38-27(34)19-10-4-1-5-11-19/h1-17,22,24-26H,18H2,(H2,31,32,37)/t22-,24-,25-,26-/m1/s1/i16D. The highest BCUT2D eigenvalue weighted by atomic mass is 16.7. The molecule has 3 aromatic carbocycles. The second-order valence-electron chi connectivity index (χ2n) is 8.99. The number of esters is 3. The van der Waals surface area contributed by atoms with Crippen LogP contribution in [-0.4, -0.2) is 52.4 Å². The number of aromatic nitrogens is 2. The van der Waals surface area contributed by atoms with Gasteiger partial charge in [-0.15, -0.1) is 0 Å². The summed E-state index contributed by atoms with van der Waals surface area (Å²) in [7, 11) is 0. The molecule has 0 radical (unpaired) electrons. The SMILES string of the molecule is [2H]c1cn([C@@H]2O[C@H](COC(=O)c3ccccc3)[C@@H](OC(=O)c3ccccc3)[C@H]2OC(=O)c2ccccc2)c(=O)[nH]c1=N. The maximum absolute atomic E-state index is 13.2. The Morgan fingerprint density at radius 3 is 1.83 bits per heavy atom. The molecular weight excluding hydrogens is 530 g/mol. The maximum atomic E-state index is 13.2. The van der Waals surface area contributed by atoms with E-state index < -0.39 is 60.2 Å². The van der Waals surface area contributed by atoms with Gasteiger partial charge < -0.3 is 18.9 Å². The van der Waals surface area contributed by atoms with Crippen LogP contribution in [0.25, 0.3) is 0 Å². The zero-order valence-corrected chi connectivity index (χ0v) is 21.5. The number of hydrogen-bond acceptors (Lipinski definition) is 9. The summed E-state index contributed by atoms with van der Waals surface area (Å²) in [4.78, 5) is 54.2. The van der Waals surface area contributed by atoms with Crippen LogP contribution >= 0.6 is 0 Å². The van der Waals surface area contributed by atoms with Gasteiger partial charge in [-0.05, 0) is 42.4 Å². The van der Waals surface area contributed by atoms with E-state index in [1.165, 1.54) is 24.3 Å². The molecule has 2 heterocycles. The molecule has 4 atom stereocenters. The second-order valence-corrected chi connectivity index (χ2v) is 8.99. The number of ether oxygens (including phenoxy) is 4. The van der Waals surface area contributed by atoms with Crippen LogP contribution in [0.3, 0.4) is 0 Å². The van der Waals surface area contributed by atoms with Crippen molar-refractivity contribution in [2.45, 2.75) is 24.5 Å². The average molecular weight is 557 g/mol. The number of hydrogen-bond donors (Lipinski definition) is 2. The number of rotatable bonds is 8. The zero-order valence-electron chi connectivity index (χ0n) is 22.5. The molecule has 1 saturated heterocycles. The van der Waals surface area contributed by atoms with Crippen LogP contribution in [0.5, 0.6) is 0 Å². The lowest BCUT2D eigenvalue weighted by molar-refractivity contribution is -0.0640. The van der Waals surface area contributed by atoms with E-state index in [1.807, 2.05) is 0 Å². The normalized spacial score (nSPS) is 20.0. The molecule has 1 aliphatic heterocycles. The summed E-state index contributed by atoms with van der Waals surface area (Å²) in [6.07, 6.45) is -4.34. The van der Waals surface area contributed by atoms with E-state index in [9.17, 15) is 19.2 Å². The van der Waals surface area contributed by atoms with Gasteiger partial charge in [-0.2, -0.15) is 0 Å². The highest BCUT2D eigenvalue weighted by molar-refractivity contribution is 5.91. The molecule has 1 aliphatic rings. The van der Waals surface area contributed by atoms with E-state index in [0.717, 1.165) is 10.8 Å². The third kappa shape index (κ3) is 6.31. The first kappa shape index (κ1) is 26.0. The Kier molecular flexibility index (Phi) is 7.77. The number of carbonyl (C=O) groups is 3. The Morgan fingerprint density at radius 2 is 1.29 bits per heavy atom. The molecule has 41 heavy (non-hydrogen) atoms. The third-order valence-electron chi connectivity index (χ3n) is 6.27. The number of aromatic amines is 1. The summed E-state index contributed by atoms with van der Waals surface area (Å²) in [5.74, 6) is -2.24. The summed E-state index contributed by atoms with van der Waals surface area (Å²) < 4.78 is 32.1. The minimum absolute atomic E-state index is 0.185. The highest BCUT2D eigenvalue weighted by Crippen LogP contribution is 2.34. The van der Waals surface area contributed by atoms with Crippen molar-refractivity contribution in [1.29, 1.82) is 5.41 Å². The fraction of sp³-hybridized carbons (Fsp3) is 0.167. The Balaban J connectivity index is 1.52. The molecule has 5 rings (SSSR count). The highest BCUT2D eigenvalue weighted by Gasteiger charge is 2.51. The van der Waals surface area contributed by atoms with E-state index in [2.05, 4.69) is 4.98 Å². The van der Waals surface area contributed by atoms with Crippen molar-refractivity contribution < 1.29 is 34.7 Å². The Labute approximate surface area is 234 Å². The molecule has 2 N–H and O–H groups in total. The fourth-order valence-electron chi connectivity index (χ4n) is 4.27. The van der Waals surface area contributed by atoms with Gasteiger partial charge in [0.05, 0.1) is 18.1 Å². The van der Waals surface area contributed by atoms with E-state index >= 15 is 0 Å². The number of H-pyrrole nitrogens is 1. The van der Waals surface area contributed by atoms with Crippen LogP contribution in [0.15, 0.2) is 108 Å². The smallest absolute Gasteiger partial charge is 0.338 e. The summed E-state index contributed by atoms with van der Waals surface area (Å²) in [5, 5.41) is 7.76. The van der Waals surface area contributed by atoms with Crippen molar-refractivity contribution in [3.63, 3.8) is 0 Å². The minimum Gasteiger partial charge on any atom is -0.459 e. The zero-order chi connectivity index (χ0) is 29.6. The van der Waals surface area contributed by atoms with Gasteiger partial charge in [0.15, 0.2) is 18.4 Å². The average Bonchev–Trinajstić information content (AvgIpc) is 3.34. The number of nitrogens with one attached hydrogen (secondary N) is 2. The van der Waals surface area contributed by atoms with Crippen LogP contribution in [0.1, 0.15) is 38.7 Å². The molecular formula is C30H25N3O8. The van der Waals surface area contributed by atoms with Crippen molar-refractivity contribution in [3.8, 4) is 0 Å². The molecule has 208 valence electrons. The van der Waals surface area contributed by atoms with Gasteiger partial charge in [0, 0.05) is 6.20 Å². The van der Waals surface area contributed by atoms with E-state index in [0.29, 0.717) is 0 Å². The predicted octanol–water partition coefficient (Wildman–Crippen LogP) is 2.86. The molecule has 0 saturated carbocycles. The van der Waals surface area contributed by atoms with E-state index in [-0.39, 0.29) is 22.7 Å². The molecule has 1 aromatic heterocycles. The monoisotopic (exact) mass is 556 g/mol. The Morgan fingerprint density at radius 1 is 0.805 bits per heavy atom. The van der Waals surface area contributed by atoms with Crippen molar-refractivity contribution in [1.82, 2.24) is 9.55 Å². The lowest BCUT2D eigenvalue weighted by Crippen LogP contribution is -2.43. The molecule has 11 heteroatoms. The van der Waals surface area contributed by atoms with Gasteiger partial charge in [-0.3, -0.25) is 15.0 Å². The van der Waals surface area contributed by atoms with E-state index in [1.54, 1.807) is 66.7 Å². The quantitative estimate of drug-likeness (QED) is 0.249. The summed E-state index contributed by atoms with van der Waals surface area (Å²) in [6, 6.07) is 24.0. The van der Waals surface area contributed by atoms with Crippen LogP contribution in [-0.2, 0) is 18.9 Å². The number of nitrogens with zero attached hydrogens (tertiary/aromatic N) is 1. The van der Waals surface area contributed by atoms with Crippen LogP contribution in [0.4, 0.5) is 0 Å². The number of carbonyl (C=O) groups excluding carboxylic acids is 3. The predicted molar refractivity (Wildman–Crippen MR) is 143 cm³/mol. The minimum atomic E-state index is -1.42. The van der Waals surface area contributed by atoms with Crippen molar-refractivity contribution in [2.75, 3.05) is 6.61 Å². The number of benzene rings is 3. The van der Waals surface area contributed by atoms with E-state index in [4.69, 9.17) is 25.7 Å². The van der Waals surface area contributed by atoms with Crippen molar-refractivity contribution in [2.24, 2.45) is 0 Å². The van der Waals surface area contributed by atoms with Crippen LogP contribution in [0.2, 0.25) is 0 Å². The van der Waals surface area contributed by atoms with Gasteiger partial charge >= 0.3 is 23.6 Å². The molecule has 4 aromatic rings. The summed E-state index contributed by atoms with van der Waals surface area (Å²) >= 11 is 0. The van der Waals surface area contributed by atoms with Gasteiger partial charge in [0.25, 0.3) is 0 Å². The Bertz CT molecular complexity index is 1690.